The minimum Gasteiger partial charge on any atom is -0.493 e. The quantitative estimate of drug-likeness (QED) is 0.224. The fourth-order valence-corrected chi connectivity index (χ4v) is 4.09. The molecule has 1 aliphatic heterocycles. The van der Waals surface area contributed by atoms with Gasteiger partial charge < -0.3 is 45.4 Å². The molecule has 1 aliphatic rings. The van der Waals surface area contributed by atoms with Crippen LogP contribution in [-0.2, 0) is 22.7 Å². The van der Waals surface area contributed by atoms with Gasteiger partial charge in [0.15, 0.2) is 6.23 Å². The highest BCUT2D eigenvalue weighted by molar-refractivity contribution is 7.60. The molecule has 2 rings (SSSR count). The van der Waals surface area contributed by atoms with Crippen molar-refractivity contribution in [1.29, 1.82) is 0 Å². The molecule has 29 heavy (non-hydrogen) atoms. The summed E-state index contributed by atoms with van der Waals surface area (Å²) in [6.45, 7) is 4.11. The van der Waals surface area contributed by atoms with Gasteiger partial charge >= 0.3 is 15.6 Å². The van der Waals surface area contributed by atoms with Crippen molar-refractivity contribution in [3.8, 4) is 5.88 Å². The number of nitrogen functional groups attached to an aromatic ring is 1. The van der Waals surface area contributed by atoms with Gasteiger partial charge in [-0.1, -0.05) is 6.58 Å². The zero-order valence-electron chi connectivity index (χ0n) is 14.8. The molecule has 1 aromatic heterocycles. The molecule has 0 spiro atoms. The van der Waals surface area contributed by atoms with E-state index < -0.39 is 52.7 Å². The molecule has 1 fully saturated rings. The number of nitrogens with zero attached hydrogens (tertiary/aromatic N) is 3. The van der Waals surface area contributed by atoms with Gasteiger partial charge in [0.25, 0.3) is 0 Å². The number of aromatic nitrogens is 2. The van der Waals surface area contributed by atoms with Crippen LogP contribution in [0.4, 0.5) is 11.8 Å². The van der Waals surface area contributed by atoms with Gasteiger partial charge in [0.2, 0.25) is 11.8 Å². The van der Waals surface area contributed by atoms with E-state index in [2.05, 4.69) is 25.4 Å². The Morgan fingerprint density at radius 2 is 1.90 bits per heavy atom. The first-order valence-corrected chi connectivity index (χ1v) is 10.8. The molecule has 1 aromatic rings. The van der Waals surface area contributed by atoms with Crippen LogP contribution in [-0.4, -0.2) is 71.1 Å². The smallest absolute Gasteiger partial charge is 0.481 e. The maximum atomic E-state index is 11.5. The minimum absolute atomic E-state index is 0.000445. The highest BCUT2D eigenvalue weighted by Gasteiger charge is 2.47. The maximum absolute atomic E-state index is 11.5. The number of aliphatic hydroxyl groups excluding tert-OH is 2. The zero-order chi connectivity index (χ0) is 22.1. The molecule has 8 N–H and O–H groups in total. The lowest BCUT2D eigenvalue weighted by Gasteiger charge is -2.29. The second kappa shape index (κ2) is 8.62. The summed E-state index contributed by atoms with van der Waals surface area (Å²) in [5.41, 5.74) is 5.65. The molecule has 2 unspecified atom stereocenters. The summed E-state index contributed by atoms with van der Waals surface area (Å²) in [5, 5.41) is 30.2. The lowest BCUT2D eigenvalue weighted by Crippen LogP contribution is -2.42. The van der Waals surface area contributed by atoms with Gasteiger partial charge in [-0.05, 0) is 6.92 Å². The third kappa shape index (κ3) is 5.71. The fourth-order valence-electron chi connectivity index (χ4n) is 2.49. The van der Waals surface area contributed by atoms with Crippen LogP contribution in [0.5, 0.6) is 5.88 Å². The van der Waals surface area contributed by atoms with Crippen LogP contribution in [0.2, 0.25) is 0 Å². The van der Waals surface area contributed by atoms with Gasteiger partial charge in [0, 0.05) is 6.20 Å². The number of anilines is 2. The first-order valence-electron chi connectivity index (χ1n) is 7.75. The summed E-state index contributed by atoms with van der Waals surface area (Å²) in [6.07, 6.45) is -4.85. The Bertz CT molecular complexity index is 864. The molecule has 15 nitrogen and oxygen atoms in total. The molecule has 17 heteroatoms. The molecular weight excluding hydrogens is 438 g/mol. The average molecular weight is 458 g/mol. The lowest BCUT2D eigenvalue weighted by molar-refractivity contribution is -0.0199. The number of hydrogen-bond acceptors (Lipinski definition) is 12. The van der Waals surface area contributed by atoms with E-state index in [0.717, 1.165) is 11.1 Å². The summed E-state index contributed by atoms with van der Waals surface area (Å²) in [5.74, 6) is -0.734. The Kier molecular flexibility index (Phi) is 7.02. The summed E-state index contributed by atoms with van der Waals surface area (Å²) < 4.78 is 35.6. The van der Waals surface area contributed by atoms with Crippen molar-refractivity contribution in [3.05, 3.63) is 18.3 Å². The molecule has 0 saturated carbocycles. The monoisotopic (exact) mass is 458 g/mol. The summed E-state index contributed by atoms with van der Waals surface area (Å²) in [6, 6.07) is 0. The number of nitrogens with two attached hydrogens (primary N) is 1. The van der Waals surface area contributed by atoms with Gasteiger partial charge in [0.05, 0.1) is 12.2 Å². The van der Waals surface area contributed by atoms with E-state index >= 15 is 0 Å². The molecule has 0 amide bonds. The first kappa shape index (κ1) is 23.6. The van der Waals surface area contributed by atoms with Crippen LogP contribution in [0.15, 0.2) is 12.8 Å². The average Bonchev–Trinajstić information content (AvgIpc) is 2.84. The Morgan fingerprint density at radius 1 is 1.28 bits per heavy atom. The third-order valence-electron chi connectivity index (χ3n) is 3.78. The molecule has 2 heterocycles. The normalized spacial score (nSPS) is 26.8. The molecule has 0 aromatic carbocycles. The number of ether oxygens (including phenoxy) is 1. The van der Waals surface area contributed by atoms with Crippen LogP contribution >= 0.6 is 15.6 Å². The van der Waals surface area contributed by atoms with E-state index in [9.17, 15) is 29.3 Å². The van der Waals surface area contributed by atoms with E-state index in [1.165, 1.54) is 6.92 Å². The summed E-state index contributed by atoms with van der Waals surface area (Å²) in [4.78, 5) is 35.1. The molecule has 1 saturated heterocycles. The fraction of sp³-hybridized carbons (Fsp3) is 0.500. The van der Waals surface area contributed by atoms with Gasteiger partial charge in [-0.25, -0.2) is 9.13 Å². The standard InChI is InChI=1S/C12H20N4O11P2/c1-3-16(9-5(2)10(19)15-12(13)14-9)11-8(18)7(17)6(26-11)4-25-29(23,24)27-28(20,21)22/h3,6-8,11,17-18H,1,4H2,2H3,(H,23,24)(H2,20,21,22)(H3,13,14,15,19)/t6-,7-,8-,11?/m1/s1. The number of hydrogen-bond donors (Lipinski definition) is 7. The maximum Gasteiger partial charge on any atom is 0.481 e. The second-order valence-corrected chi connectivity index (χ2v) is 8.66. The highest BCUT2D eigenvalue weighted by atomic mass is 31.3. The van der Waals surface area contributed by atoms with E-state index in [4.69, 9.17) is 20.3 Å². The van der Waals surface area contributed by atoms with E-state index in [1.807, 2.05) is 0 Å². The summed E-state index contributed by atoms with van der Waals surface area (Å²) in [7, 11) is -10.5. The Labute approximate surface area is 163 Å². The topological polar surface area (TPSA) is 238 Å². The van der Waals surface area contributed by atoms with Crippen molar-refractivity contribution in [2.75, 3.05) is 17.2 Å². The van der Waals surface area contributed by atoms with Gasteiger partial charge in [-0.2, -0.15) is 14.3 Å². The Balaban J connectivity index is 2.19. The van der Waals surface area contributed by atoms with Crippen molar-refractivity contribution in [3.63, 3.8) is 0 Å². The number of aromatic hydroxyl groups is 1. The molecule has 0 radical (unpaired) electrons. The van der Waals surface area contributed by atoms with Gasteiger partial charge in [0.1, 0.15) is 24.1 Å². The Morgan fingerprint density at radius 3 is 2.45 bits per heavy atom. The van der Waals surface area contributed by atoms with Crippen molar-refractivity contribution < 1.29 is 52.7 Å². The van der Waals surface area contributed by atoms with Gasteiger partial charge in [-0.3, -0.25) is 4.52 Å². The SMILES string of the molecule is C=CN(c1nc(N)nc(O)c1C)C1O[C@H](COP(=O)(O)OP(=O)(O)O)[C@@H](O)[C@H]1O. The predicted octanol–water partition coefficient (Wildman–Crippen LogP) is -1.30. The highest BCUT2D eigenvalue weighted by Crippen LogP contribution is 2.57. The van der Waals surface area contributed by atoms with Crippen molar-refractivity contribution in [2.24, 2.45) is 0 Å². The van der Waals surface area contributed by atoms with Crippen LogP contribution in [0.3, 0.4) is 0 Å². The number of aliphatic hydroxyl groups is 2. The molecule has 5 atom stereocenters. The van der Waals surface area contributed by atoms with Crippen LogP contribution in [0, 0.1) is 6.92 Å². The number of phosphoric acid groups is 2. The van der Waals surface area contributed by atoms with Gasteiger partial charge in [-0.15, -0.1) is 0 Å². The van der Waals surface area contributed by atoms with Crippen LogP contribution in [0.25, 0.3) is 0 Å². The minimum atomic E-state index is -5.33. The molecular formula is C12H20N4O11P2. The van der Waals surface area contributed by atoms with Crippen LogP contribution < -0.4 is 10.6 Å². The number of phosphoric ester groups is 1. The van der Waals surface area contributed by atoms with Crippen molar-refractivity contribution in [1.82, 2.24) is 9.97 Å². The van der Waals surface area contributed by atoms with Crippen molar-refractivity contribution >= 4 is 27.4 Å². The van der Waals surface area contributed by atoms with E-state index in [-0.39, 0.29) is 17.3 Å². The second-order valence-electron chi connectivity index (χ2n) is 5.83. The third-order valence-corrected chi connectivity index (χ3v) is 5.93. The molecule has 164 valence electrons. The lowest BCUT2D eigenvalue weighted by atomic mass is 10.1. The Hall–Kier alpha value is -1.64. The van der Waals surface area contributed by atoms with E-state index in [0.29, 0.717) is 0 Å². The van der Waals surface area contributed by atoms with Crippen LogP contribution in [0.1, 0.15) is 5.56 Å². The predicted molar refractivity (Wildman–Crippen MR) is 95.1 cm³/mol. The number of rotatable bonds is 8. The van der Waals surface area contributed by atoms with Crippen molar-refractivity contribution in [2.45, 2.75) is 31.5 Å². The van der Waals surface area contributed by atoms with E-state index in [1.54, 1.807) is 0 Å². The zero-order valence-corrected chi connectivity index (χ0v) is 16.6. The molecule has 0 aliphatic carbocycles. The largest absolute Gasteiger partial charge is 0.493 e. The first-order chi connectivity index (χ1) is 13.3. The molecule has 0 bridgehead atoms. The summed E-state index contributed by atoms with van der Waals surface area (Å²) >= 11 is 0.